The van der Waals surface area contributed by atoms with E-state index in [2.05, 4.69) is 63.8 Å². The summed E-state index contributed by atoms with van der Waals surface area (Å²) >= 11 is 0. The number of carboxylic acids is 2. The Morgan fingerprint density at radius 1 is 0.727 bits per heavy atom. The van der Waals surface area contributed by atoms with E-state index in [1.54, 1.807) is 0 Å². The van der Waals surface area contributed by atoms with E-state index in [1.807, 2.05) is 0 Å². The summed E-state index contributed by atoms with van der Waals surface area (Å²) in [5.41, 5.74) is 4.15. The maximum atomic E-state index is 9.10. The Morgan fingerprint density at radius 2 is 0.818 bits per heavy atom. The third kappa shape index (κ3) is 72.6. The molecule has 4 nitrogen and oxygen atoms in total. The first-order chi connectivity index (χ1) is 7.76. The van der Waals surface area contributed by atoms with Crippen LogP contribution < -0.4 is 0 Å². The summed E-state index contributed by atoms with van der Waals surface area (Å²) in [6, 6.07) is 0. The van der Waals surface area contributed by atoms with Crippen LogP contribution in [0.4, 0.5) is 0 Å². The Bertz CT molecular complexity index is 266. The molecule has 0 spiro atoms. The quantitative estimate of drug-likeness (QED) is 0.379. The van der Waals surface area contributed by atoms with E-state index < -0.39 is 28.1 Å². The molecule has 0 saturated carbocycles. The van der Waals surface area contributed by atoms with Crippen molar-refractivity contribution in [1.29, 1.82) is 0 Å². The van der Waals surface area contributed by atoms with Crippen LogP contribution in [0.3, 0.4) is 0 Å². The summed E-state index contributed by atoms with van der Waals surface area (Å²) in [5.74, 6) is -3.65. The number of hydrogen-bond donors (Lipinski definition) is 2. The molecular weight excluding hydrogens is 415 g/mol. The molecule has 0 atom stereocenters. The van der Waals surface area contributed by atoms with Gasteiger partial charge >= 0.3 is 46.1 Å². The minimum atomic E-state index is -1.82. The molecule has 0 fully saturated rings. The van der Waals surface area contributed by atoms with Gasteiger partial charge in [0.05, 0.1) is 16.1 Å². The largest absolute Gasteiger partial charge is 1.00 e. The van der Waals surface area contributed by atoms with Gasteiger partial charge in [0, 0.05) is 0 Å². The number of carboxylic acid groups (broad SMARTS) is 2. The van der Waals surface area contributed by atoms with Gasteiger partial charge in [0.1, 0.15) is 0 Å². The van der Waals surface area contributed by atoms with Crippen molar-refractivity contribution in [3.63, 3.8) is 0 Å². The second-order valence-corrected chi connectivity index (χ2v) is 16.0. The number of aliphatic carboxylic acids is 2. The molecule has 0 aliphatic heterocycles. The third-order valence-electron chi connectivity index (χ3n) is 1.41. The Kier molecular flexibility index (Phi) is 40.9. The zero-order valence-corrected chi connectivity index (χ0v) is 18.8. The Hall–Kier alpha value is -0.107. The van der Waals surface area contributed by atoms with Gasteiger partial charge in [-0.05, 0) is 0 Å². The first kappa shape index (κ1) is 43.1. The molecule has 0 aromatic heterocycles. The molecule has 0 aliphatic rings. The van der Waals surface area contributed by atoms with Crippen LogP contribution in [-0.4, -0.2) is 38.3 Å². The molecular formula is C14H32Cu2O4Si2. The van der Waals surface area contributed by atoms with Crippen molar-refractivity contribution in [2.24, 2.45) is 0 Å². The van der Waals surface area contributed by atoms with Crippen LogP contribution in [0, 0.1) is 14.9 Å². The van der Waals surface area contributed by atoms with Gasteiger partial charge in [-0.1, -0.05) is 39.3 Å². The van der Waals surface area contributed by atoms with Crippen LogP contribution in [-0.2, 0) is 43.7 Å². The van der Waals surface area contributed by atoms with Crippen molar-refractivity contribution in [2.75, 3.05) is 0 Å². The van der Waals surface area contributed by atoms with Crippen LogP contribution in [0.25, 0.3) is 0 Å². The number of carbonyl (C=O) groups is 2. The van der Waals surface area contributed by atoms with Crippen LogP contribution in [0.15, 0.2) is 24.6 Å². The summed E-state index contributed by atoms with van der Waals surface area (Å²) in [6.07, 6.45) is 0. The minimum Gasteiger partial charge on any atom is -0.473 e. The molecule has 0 aliphatic carbocycles. The summed E-state index contributed by atoms with van der Waals surface area (Å²) in [4.78, 5) is 18.2. The molecule has 8 heteroatoms. The summed E-state index contributed by atoms with van der Waals surface area (Å²) < 4.78 is 0. The minimum absolute atomic E-state index is 0. The summed E-state index contributed by atoms with van der Waals surface area (Å²) in [7, 11) is -1.73. The van der Waals surface area contributed by atoms with Crippen molar-refractivity contribution < 1.29 is 53.9 Å². The average Bonchev–Trinajstić information content (AvgIpc) is 2.17. The molecule has 0 rings (SSSR count). The van der Waals surface area contributed by atoms with Gasteiger partial charge in [0.2, 0.25) is 0 Å². The van der Waals surface area contributed by atoms with E-state index in [-0.39, 0.29) is 49.0 Å². The fourth-order valence-electron chi connectivity index (χ4n) is 0. The molecule has 0 bridgehead atoms. The molecule has 0 unspecified atom stereocenters. The topological polar surface area (TPSA) is 74.6 Å². The normalized spacial score (nSPS) is 8.09. The van der Waals surface area contributed by atoms with E-state index in [0.717, 1.165) is 0 Å². The molecule has 0 aromatic rings. The maximum Gasteiger partial charge on any atom is 1.00 e. The standard InChI is InChI=1S/2C5H12Si.C2H2O4.2CH3.2Cu/c2*1-5-6(2,3)4;3-1(4)2(5)6;;;;/h2*5H,1H2,2-4H3;(H,3,4)(H,5,6);2*1H3;;/q;;;2*-1;2*+1. The van der Waals surface area contributed by atoms with E-state index in [9.17, 15) is 0 Å². The van der Waals surface area contributed by atoms with Crippen LogP contribution in [0.5, 0.6) is 0 Å². The molecule has 0 saturated heterocycles. The first-order valence-corrected chi connectivity index (χ1v) is 12.7. The van der Waals surface area contributed by atoms with Gasteiger partial charge in [-0.25, -0.2) is 9.59 Å². The Balaban J connectivity index is -0.0000000281. The van der Waals surface area contributed by atoms with Gasteiger partial charge < -0.3 is 25.1 Å². The van der Waals surface area contributed by atoms with Crippen LogP contribution in [0.2, 0.25) is 39.3 Å². The van der Waals surface area contributed by atoms with Crippen molar-refractivity contribution in [2.45, 2.75) is 39.3 Å². The van der Waals surface area contributed by atoms with Crippen molar-refractivity contribution in [3.05, 3.63) is 39.4 Å². The molecule has 0 amide bonds. The molecule has 22 heavy (non-hydrogen) atoms. The fraction of sp³-hybridized carbons (Fsp3) is 0.429. The second-order valence-electron chi connectivity index (χ2n) is 5.75. The van der Waals surface area contributed by atoms with E-state index >= 15 is 0 Å². The van der Waals surface area contributed by atoms with E-state index in [0.29, 0.717) is 0 Å². The predicted octanol–water partition coefficient (Wildman–Crippen LogP) is 4.15. The summed E-state index contributed by atoms with van der Waals surface area (Å²) in [6.45, 7) is 21.0. The second kappa shape index (κ2) is 20.9. The zero-order valence-electron chi connectivity index (χ0n) is 14.9. The predicted molar refractivity (Wildman–Crippen MR) is 95.2 cm³/mol. The first-order valence-electron chi connectivity index (χ1n) is 5.50. The van der Waals surface area contributed by atoms with Crippen molar-refractivity contribution >= 4 is 28.1 Å². The smallest absolute Gasteiger partial charge is 0.473 e. The molecule has 0 aromatic carbocycles. The van der Waals surface area contributed by atoms with E-state index in [4.69, 9.17) is 19.8 Å². The molecule has 0 heterocycles. The summed E-state index contributed by atoms with van der Waals surface area (Å²) in [5, 5.41) is 14.8. The van der Waals surface area contributed by atoms with Crippen molar-refractivity contribution in [3.8, 4) is 0 Å². The molecule has 142 valence electrons. The van der Waals surface area contributed by atoms with Crippen molar-refractivity contribution in [1.82, 2.24) is 0 Å². The number of rotatable bonds is 2. The van der Waals surface area contributed by atoms with Gasteiger partial charge in [0.15, 0.2) is 0 Å². The number of hydrogen-bond acceptors (Lipinski definition) is 2. The average molecular weight is 448 g/mol. The maximum absolute atomic E-state index is 9.10. The SMILES string of the molecule is C=C[Si](C)(C)C.C=C[Si](C)(C)C.O=C(O)C(=O)O.[CH3-].[CH3-].[Cu+].[Cu+]. The fourth-order valence-corrected chi connectivity index (χ4v) is 0. The Labute approximate surface area is 160 Å². The van der Waals surface area contributed by atoms with Gasteiger partial charge in [0.25, 0.3) is 0 Å². The van der Waals surface area contributed by atoms with Crippen LogP contribution in [0.1, 0.15) is 0 Å². The monoisotopic (exact) mass is 446 g/mol. The molecule has 0 radical (unpaired) electrons. The Morgan fingerprint density at radius 3 is 0.818 bits per heavy atom. The van der Waals surface area contributed by atoms with Gasteiger partial charge in [-0.2, -0.15) is 0 Å². The van der Waals surface area contributed by atoms with Gasteiger partial charge in [-0.15, -0.1) is 24.6 Å². The van der Waals surface area contributed by atoms with Gasteiger partial charge in [-0.3, -0.25) is 0 Å². The van der Waals surface area contributed by atoms with Crippen LogP contribution >= 0.6 is 0 Å². The molecule has 2 N–H and O–H groups in total. The van der Waals surface area contributed by atoms with E-state index in [1.165, 1.54) is 0 Å². The zero-order chi connectivity index (χ0) is 15.6. The third-order valence-corrected chi connectivity index (χ3v) is 3.86.